The first-order valence-corrected chi connectivity index (χ1v) is 5.28. The minimum Gasteiger partial charge on any atom is -0.314 e. The lowest BCUT2D eigenvalue weighted by molar-refractivity contribution is 0.0971. The number of carbonyl (C=O) groups is 1. The second-order valence-electron chi connectivity index (χ2n) is 3.93. The Kier molecular flexibility index (Phi) is 3.11. The van der Waals surface area contributed by atoms with Crippen LogP contribution in [0, 0.1) is 5.82 Å². The molecular formula is C12H14FNO. The van der Waals surface area contributed by atoms with Crippen molar-refractivity contribution in [2.75, 3.05) is 6.54 Å². The van der Waals surface area contributed by atoms with Crippen LogP contribution in [0.4, 0.5) is 4.39 Å². The van der Waals surface area contributed by atoms with E-state index in [2.05, 4.69) is 5.32 Å². The second-order valence-corrected chi connectivity index (χ2v) is 3.93. The Morgan fingerprint density at radius 3 is 3.07 bits per heavy atom. The van der Waals surface area contributed by atoms with Crippen molar-refractivity contribution in [3.05, 3.63) is 35.6 Å². The summed E-state index contributed by atoms with van der Waals surface area (Å²) in [6.45, 7) is 0.987. The number of nitrogens with one attached hydrogen (secondary N) is 1. The largest absolute Gasteiger partial charge is 0.314 e. The second kappa shape index (κ2) is 4.53. The highest BCUT2D eigenvalue weighted by atomic mass is 19.1. The zero-order valence-electron chi connectivity index (χ0n) is 8.50. The van der Waals surface area contributed by atoms with Crippen molar-refractivity contribution in [2.24, 2.45) is 0 Å². The van der Waals surface area contributed by atoms with Crippen molar-refractivity contribution in [1.82, 2.24) is 5.32 Å². The summed E-state index contributed by atoms with van der Waals surface area (Å²) in [7, 11) is 0. The number of hydrogen-bond acceptors (Lipinski definition) is 2. The van der Waals surface area contributed by atoms with Gasteiger partial charge in [0.25, 0.3) is 0 Å². The molecule has 1 aliphatic heterocycles. The van der Waals surface area contributed by atoms with Gasteiger partial charge < -0.3 is 5.32 Å². The fourth-order valence-corrected chi connectivity index (χ4v) is 1.93. The van der Waals surface area contributed by atoms with Crippen LogP contribution >= 0.6 is 0 Å². The van der Waals surface area contributed by atoms with E-state index in [1.54, 1.807) is 12.1 Å². The van der Waals surface area contributed by atoms with Gasteiger partial charge in [-0.15, -0.1) is 0 Å². The third-order valence-electron chi connectivity index (χ3n) is 2.74. The van der Waals surface area contributed by atoms with Gasteiger partial charge in [-0.2, -0.15) is 0 Å². The summed E-state index contributed by atoms with van der Waals surface area (Å²) in [4.78, 5) is 11.7. The first-order valence-electron chi connectivity index (χ1n) is 5.28. The highest BCUT2D eigenvalue weighted by Gasteiger charge is 2.18. The average Bonchev–Trinajstić information content (AvgIpc) is 2.70. The molecule has 1 aromatic rings. The Hall–Kier alpha value is -1.22. The van der Waals surface area contributed by atoms with E-state index in [-0.39, 0.29) is 17.6 Å². The van der Waals surface area contributed by atoms with Crippen LogP contribution in [0.15, 0.2) is 24.3 Å². The number of Topliss-reactive ketones (excluding diaryl/α,β-unsaturated/α-hetero) is 1. The smallest absolute Gasteiger partial charge is 0.164 e. The van der Waals surface area contributed by atoms with Gasteiger partial charge in [0.05, 0.1) is 0 Å². The molecule has 1 atom stereocenters. The van der Waals surface area contributed by atoms with Crippen LogP contribution in [-0.4, -0.2) is 18.4 Å². The van der Waals surface area contributed by atoms with Crippen LogP contribution in [0.25, 0.3) is 0 Å². The molecule has 0 bridgehead atoms. The minimum atomic E-state index is -0.347. The molecule has 0 radical (unpaired) electrons. The van der Waals surface area contributed by atoms with Gasteiger partial charge >= 0.3 is 0 Å². The molecule has 3 heteroatoms. The van der Waals surface area contributed by atoms with E-state index in [0.29, 0.717) is 12.0 Å². The Morgan fingerprint density at radius 2 is 2.40 bits per heavy atom. The predicted molar refractivity (Wildman–Crippen MR) is 56.4 cm³/mol. The summed E-state index contributed by atoms with van der Waals surface area (Å²) < 4.78 is 12.9. The van der Waals surface area contributed by atoms with Gasteiger partial charge in [0.15, 0.2) is 5.78 Å². The van der Waals surface area contributed by atoms with Crippen molar-refractivity contribution in [2.45, 2.75) is 25.3 Å². The fraction of sp³-hybridized carbons (Fsp3) is 0.417. The lowest BCUT2D eigenvalue weighted by Gasteiger charge is -2.08. The maximum atomic E-state index is 12.9. The standard InChI is InChI=1S/C12H14FNO/c13-10-4-1-3-9(7-10)12(15)8-11-5-2-6-14-11/h1,3-4,7,11,14H,2,5-6,8H2. The van der Waals surface area contributed by atoms with Gasteiger partial charge in [-0.25, -0.2) is 4.39 Å². The van der Waals surface area contributed by atoms with Gasteiger partial charge in [0, 0.05) is 18.0 Å². The zero-order chi connectivity index (χ0) is 10.7. The molecule has 1 aromatic carbocycles. The number of rotatable bonds is 3. The molecule has 0 aliphatic carbocycles. The van der Waals surface area contributed by atoms with Crippen molar-refractivity contribution in [3.8, 4) is 0 Å². The molecule has 0 saturated carbocycles. The van der Waals surface area contributed by atoms with Crippen LogP contribution in [-0.2, 0) is 0 Å². The Balaban J connectivity index is 2.01. The van der Waals surface area contributed by atoms with Crippen LogP contribution in [0.5, 0.6) is 0 Å². The number of ketones is 1. The molecule has 1 unspecified atom stereocenters. The van der Waals surface area contributed by atoms with Gasteiger partial charge in [0.1, 0.15) is 5.82 Å². The molecule has 1 fully saturated rings. The monoisotopic (exact) mass is 207 g/mol. The van der Waals surface area contributed by atoms with Crippen LogP contribution in [0.1, 0.15) is 29.6 Å². The van der Waals surface area contributed by atoms with E-state index >= 15 is 0 Å². The first kappa shape index (κ1) is 10.3. The molecular weight excluding hydrogens is 193 g/mol. The van der Waals surface area contributed by atoms with Crippen LogP contribution in [0.3, 0.4) is 0 Å². The van der Waals surface area contributed by atoms with Gasteiger partial charge in [0.2, 0.25) is 0 Å². The maximum Gasteiger partial charge on any atom is 0.164 e. The molecule has 1 aliphatic rings. The van der Waals surface area contributed by atoms with Crippen molar-refractivity contribution in [3.63, 3.8) is 0 Å². The molecule has 2 nitrogen and oxygen atoms in total. The maximum absolute atomic E-state index is 12.9. The number of benzene rings is 1. The highest BCUT2D eigenvalue weighted by Crippen LogP contribution is 2.13. The third-order valence-corrected chi connectivity index (χ3v) is 2.74. The first-order chi connectivity index (χ1) is 7.25. The highest BCUT2D eigenvalue weighted by molar-refractivity contribution is 5.96. The molecule has 1 heterocycles. The van der Waals surface area contributed by atoms with E-state index in [1.165, 1.54) is 12.1 Å². The quantitative estimate of drug-likeness (QED) is 0.769. The average molecular weight is 207 g/mol. The molecule has 2 rings (SSSR count). The molecule has 0 aromatic heterocycles. The summed E-state index contributed by atoms with van der Waals surface area (Å²) in [6.07, 6.45) is 2.64. The fourth-order valence-electron chi connectivity index (χ4n) is 1.93. The molecule has 15 heavy (non-hydrogen) atoms. The van der Waals surface area contributed by atoms with Crippen LogP contribution < -0.4 is 5.32 Å². The van der Waals surface area contributed by atoms with Crippen molar-refractivity contribution in [1.29, 1.82) is 0 Å². The molecule has 0 spiro atoms. The number of halogens is 1. The molecule has 80 valence electrons. The normalized spacial score (nSPS) is 20.5. The topological polar surface area (TPSA) is 29.1 Å². The number of hydrogen-bond donors (Lipinski definition) is 1. The Bertz CT molecular complexity index is 358. The SMILES string of the molecule is O=C(CC1CCCN1)c1cccc(F)c1. The Morgan fingerprint density at radius 1 is 1.53 bits per heavy atom. The minimum absolute atomic E-state index is 0.0221. The lowest BCUT2D eigenvalue weighted by Crippen LogP contribution is -2.24. The van der Waals surface area contributed by atoms with E-state index in [1.807, 2.05) is 0 Å². The van der Waals surface area contributed by atoms with Gasteiger partial charge in [-0.1, -0.05) is 12.1 Å². The molecule has 0 amide bonds. The third kappa shape index (κ3) is 2.63. The van der Waals surface area contributed by atoms with E-state index in [9.17, 15) is 9.18 Å². The van der Waals surface area contributed by atoms with E-state index < -0.39 is 0 Å². The Labute approximate surface area is 88.5 Å². The molecule has 1 N–H and O–H groups in total. The number of carbonyl (C=O) groups excluding carboxylic acids is 1. The van der Waals surface area contributed by atoms with Crippen molar-refractivity contribution < 1.29 is 9.18 Å². The van der Waals surface area contributed by atoms with Crippen LogP contribution in [0.2, 0.25) is 0 Å². The summed E-state index contributed by atoms with van der Waals surface area (Å²) in [5, 5.41) is 3.26. The van der Waals surface area contributed by atoms with Crippen molar-refractivity contribution >= 4 is 5.78 Å². The van der Waals surface area contributed by atoms with Gasteiger partial charge in [-0.3, -0.25) is 4.79 Å². The summed E-state index contributed by atoms with van der Waals surface area (Å²) >= 11 is 0. The zero-order valence-corrected chi connectivity index (χ0v) is 8.50. The molecule has 1 saturated heterocycles. The van der Waals surface area contributed by atoms with Gasteiger partial charge in [-0.05, 0) is 31.5 Å². The summed E-state index contributed by atoms with van der Waals surface area (Å²) in [5.74, 6) is -0.325. The van der Waals surface area contributed by atoms with E-state index in [0.717, 1.165) is 19.4 Å². The predicted octanol–water partition coefficient (Wildman–Crippen LogP) is 2.15. The lowest BCUT2D eigenvalue weighted by atomic mass is 10.0. The van der Waals surface area contributed by atoms with E-state index in [4.69, 9.17) is 0 Å². The summed E-state index contributed by atoms with van der Waals surface area (Å²) in [5.41, 5.74) is 0.476. The summed E-state index contributed by atoms with van der Waals surface area (Å²) in [6, 6.07) is 6.17.